The summed E-state index contributed by atoms with van der Waals surface area (Å²) in [5.41, 5.74) is 0. The molecule has 1 amide bonds. The number of aromatic nitrogens is 2. The van der Waals surface area contributed by atoms with Gasteiger partial charge in [-0.3, -0.25) is 4.79 Å². The van der Waals surface area contributed by atoms with Gasteiger partial charge in [0.25, 0.3) is 0 Å². The van der Waals surface area contributed by atoms with Crippen molar-refractivity contribution in [2.45, 2.75) is 25.5 Å². The zero-order valence-electron chi connectivity index (χ0n) is 8.54. The number of aliphatic hydroxyl groups is 1. The fourth-order valence-corrected chi connectivity index (χ4v) is 1.83. The monoisotopic (exact) mass is 209 g/mol. The van der Waals surface area contributed by atoms with Gasteiger partial charge in [-0.1, -0.05) is 0 Å². The third kappa shape index (κ3) is 2.56. The molecule has 1 aromatic rings. The highest BCUT2D eigenvalue weighted by Gasteiger charge is 2.26. The molecule has 1 atom stereocenters. The van der Waals surface area contributed by atoms with Crippen LogP contribution in [0, 0.1) is 0 Å². The quantitative estimate of drug-likeness (QED) is 0.751. The molecule has 1 aliphatic heterocycles. The standard InChI is InChI=1S/C10H15N3O2/c14-9-6-10(15)13(7-9)4-1-3-12-5-2-11-8-12/h2,5,8-9,14H,1,3-4,6-7H2. The van der Waals surface area contributed by atoms with E-state index in [9.17, 15) is 9.90 Å². The van der Waals surface area contributed by atoms with Crippen LogP contribution in [0.2, 0.25) is 0 Å². The molecule has 1 saturated heterocycles. The lowest BCUT2D eigenvalue weighted by Crippen LogP contribution is -2.27. The number of aliphatic hydroxyl groups excluding tert-OH is 1. The van der Waals surface area contributed by atoms with Gasteiger partial charge in [0.15, 0.2) is 0 Å². The molecule has 1 aliphatic rings. The summed E-state index contributed by atoms with van der Waals surface area (Å²) in [6.45, 7) is 2.07. The molecule has 5 nitrogen and oxygen atoms in total. The van der Waals surface area contributed by atoms with Crippen molar-refractivity contribution in [3.63, 3.8) is 0 Å². The van der Waals surface area contributed by atoms with E-state index >= 15 is 0 Å². The zero-order valence-corrected chi connectivity index (χ0v) is 8.54. The molecular weight excluding hydrogens is 194 g/mol. The summed E-state index contributed by atoms with van der Waals surface area (Å²) in [4.78, 5) is 17.0. The molecule has 0 spiro atoms. The molecule has 0 bridgehead atoms. The van der Waals surface area contributed by atoms with Gasteiger partial charge in [0.1, 0.15) is 0 Å². The molecule has 2 rings (SSSR count). The van der Waals surface area contributed by atoms with Crippen LogP contribution in [0.1, 0.15) is 12.8 Å². The largest absolute Gasteiger partial charge is 0.391 e. The smallest absolute Gasteiger partial charge is 0.225 e. The Morgan fingerprint density at radius 1 is 1.53 bits per heavy atom. The number of carbonyl (C=O) groups is 1. The van der Waals surface area contributed by atoms with E-state index in [1.54, 1.807) is 17.4 Å². The molecule has 2 heterocycles. The molecule has 5 heteroatoms. The van der Waals surface area contributed by atoms with E-state index in [1.807, 2.05) is 10.8 Å². The summed E-state index contributed by atoms with van der Waals surface area (Å²) >= 11 is 0. The van der Waals surface area contributed by atoms with Crippen molar-refractivity contribution in [3.05, 3.63) is 18.7 Å². The van der Waals surface area contributed by atoms with Crippen molar-refractivity contribution in [1.29, 1.82) is 0 Å². The molecule has 1 aromatic heterocycles. The van der Waals surface area contributed by atoms with E-state index in [0.717, 1.165) is 13.0 Å². The number of amides is 1. The van der Waals surface area contributed by atoms with Crippen molar-refractivity contribution >= 4 is 5.91 Å². The second kappa shape index (κ2) is 4.44. The van der Waals surface area contributed by atoms with E-state index in [0.29, 0.717) is 13.1 Å². The van der Waals surface area contributed by atoms with Crippen LogP contribution < -0.4 is 0 Å². The Hall–Kier alpha value is -1.36. The molecule has 1 unspecified atom stereocenters. The topological polar surface area (TPSA) is 58.4 Å². The second-order valence-corrected chi connectivity index (χ2v) is 3.85. The van der Waals surface area contributed by atoms with E-state index < -0.39 is 6.10 Å². The minimum atomic E-state index is -0.467. The molecule has 0 aliphatic carbocycles. The lowest BCUT2D eigenvalue weighted by molar-refractivity contribution is -0.127. The van der Waals surface area contributed by atoms with Gasteiger partial charge in [-0.15, -0.1) is 0 Å². The minimum absolute atomic E-state index is 0.0631. The van der Waals surface area contributed by atoms with Crippen LogP contribution in [0.3, 0.4) is 0 Å². The Kier molecular flexibility index (Phi) is 3.01. The van der Waals surface area contributed by atoms with Crippen molar-refractivity contribution in [1.82, 2.24) is 14.5 Å². The Morgan fingerprint density at radius 3 is 3.00 bits per heavy atom. The van der Waals surface area contributed by atoms with Crippen LogP contribution in [0.25, 0.3) is 0 Å². The summed E-state index contributed by atoms with van der Waals surface area (Å²) in [7, 11) is 0. The van der Waals surface area contributed by atoms with Gasteiger partial charge in [0.2, 0.25) is 5.91 Å². The van der Waals surface area contributed by atoms with E-state index in [-0.39, 0.29) is 12.3 Å². The first-order valence-electron chi connectivity index (χ1n) is 5.17. The molecule has 15 heavy (non-hydrogen) atoms. The number of hydrogen-bond donors (Lipinski definition) is 1. The van der Waals surface area contributed by atoms with Gasteiger partial charge >= 0.3 is 0 Å². The third-order valence-corrected chi connectivity index (χ3v) is 2.60. The van der Waals surface area contributed by atoms with Crippen LogP contribution in [-0.4, -0.2) is 44.7 Å². The lowest BCUT2D eigenvalue weighted by Gasteiger charge is -2.15. The van der Waals surface area contributed by atoms with Gasteiger partial charge in [-0.2, -0.15) is 0 Å². The SMILES string of the molecule is O=C1CC(O)CN1CCCn1ccnc1. The van der Waals surface area contributed by atoms with Gasteiger partial charge in [0, 0.05) is 32.0 Å². The maximum atomic E-state index is 11.3. The predicted molar refractivity (Wildman–Crippen MR) is 54.0 cm³/mol. The van der Waals surface area contributed by atoms with Crippen LogP contribution in [0.4, 0.5) is 0 Å². The number of rotatable bonds is 4. The average Bonchev–Trinajstić information content (AvgIpc) is 2.77. The number of carbonyl (C=O) groups excluding carboxylic acids is 1. The summed E-state index contributed by atoms with van der Waals surface area (Å²) in [5.74, 6) is 0.0631. The number of nitrogens with zero attached hydrogens (tertiary/aromatic N) is 3. The normalized spacial score (nSPS) is 21.3. The van der Waals surface area contributed by atoms with Crippen molar-refractivity contribution in [2.24, 2.45) is 0 Å². The number of hydrogen-bond acceptors (Lipinski definition) is 3. The van der Waals surface area contributed by atoms with Crippen LogP contribution in [-0.2, 0) is 11.3 Å². The first kappa shape index (κ1) is 10.2. The predicted octanol–water partition coefficient (Wildman–Crippen LogP) is -0.134. The first-order chi connectivity index (χ1) is 7.25. The molecule has 0 radical (unpaired) electrons. The van der Waals surface area contributed by atoms with Gasteiger partial charge in [0.05, 0.1) is 18.9 Å². The fourth-order valence-electron chi connectivity index (χ4n) is 1.83. The van der Waals surface area contributed by atoms with Crippen molar-refractivity contribution in [2.75, 3.05) is 13.1 Å². The average molecular weight is 209 g/mol. The van der Waals surface area contributed by atoms with E-state index in [2.05, 4.69) is 4.98 Å². The lowest BCUT2D eigenvalue weighted by atomic mass is 10.3. The van der Waals surface area contributed by atoms with Gasteiger partial charge in [-0.25, -0.2) is 4.98 Å². The highest BCUT2D eigenvalue weighted by atomic mass is 16.3. The van der Waals surface area contributed by atoms with Gasteiger partial charge in [-0.05, 0) is 6.42 Å². The van der Waals surface area contributed by atoms with Crippen LogP contribution in [0.15, 0.2) is 18.7 Å². The first-order valence-corrected chi connectivity index (χ1v) is 5.17. The zero-order chi connectivity index (χ0) is 10.7. The Bertz CT molecular complexity index is 323. The number of imidazole rings is 1. The summed E-state index contributed by atoms with van der Waals surface area (Å²) in [5, 5.41) is 9.28. The summed E-state index contributed by atoms with van der Waals surface area (Å²) < 4.78 is 1.98. The highest BCUT2D eigenvalue weighted by molar-refractivity contribution is 5.78. The van der Waals surface area contributed by atoms with Crippen LogP contribution in [0.5, 0.6) is 0 Å². The molecular formula is C10H15N3O2. The van der Waals surface area contributed by atoms with Crippen LogP contribution >= 0.6 is 0 Å². The highest BCUT2D eigenvalue weighted by Crippen LogP contribution is 2.11. The van der Waals surface area contributed by atoms with E-state index in [1.165, 1.54) is 0 Å². The Labute approximate surface area is 88.3 Å². The Balaban J connectivity index is 1.72. The number of likely N-dealkylation sites (tertiary alicyclic amines) is 1. The molecule has 1 N–H and O–H groups in total. The summed E-state index contributed by atoms with van der Waals surface area (Å²) in [6, 6.07) is 0. The number of aryl methyl sites for hydroxylation is 1. The molecule has 82 valence electrons. The van der Waals surface area contributed by atoms with Gasteiger partial charge < -0.3 is 14.6 Å². The molecule has 1 fully saturated rings. The third-order valence-electron chi connectivity index (χ3n) is 2.60. The fraction of sp³-hybridized carbons (Fsp3) is 0.600. The maximum absolute atomic E-state index is 11.3. The van der Waals surface area contributed by atoms with E-state index in [4.69, 9.17) is 0 Å². The number of β-amino-alcohol motifs (C(OH)–C–C–N with tert-alkyl or cyclic N) is 1. The minimum Gasteiger partial charge on any atom is -0.391 e. The molecule has 0 saturated carbocycles. The molecule has 0 aromatic carbocycles. The Morgan fingerprint density at radius 2 is 2.40 bits per heavy atom. The van der Waals surface area contributed by atoms with Crippen molar-refractivity contribution < 1.29 is 9.90 Å². The second-order valence-electron chi connectivity index (χ2n) is 3.85. The maximum Gasteiger partial charge on any atom is 0.225 e. The summed E-state index contributed by atoms with van der Waals surface area (Å²) in [6.07, 6.45) is 6.12. The van der Waals surface area contributed by atoms with Crippen molar-refractivity contribution in [3.8, 4) is 0 Å².